The van der Waals surface area contributed by atoms with Crippen LogP contribution in [0.1, 0.15) is 45.4 Å². The highest BCUT2D eigenvalue weighted by Crippen LogP contribution is 2.14. The maximum atomic E-state index is 12.3. The Labute approximate surface area is 121 Å². The Hall–Kier alpha value is -1.10. The van der Waals surface area contributed by atoms with E-state index in [1.807, 2.05) is 9.80 Å². The second-order valence-electron chi connectivity index (χ2n) is 5.81. The molecule has 2 heterocycles. The van der Waals surface area contributed by atoms with E-state index in [1.165, 1.54) is 0 Å². The molecule has 0 aliphatic carbocycles. The summed E-state index contributed by atoms with van der Waals surface area (Å²) >= 11 is 0. The van der Waals surface area contributed by atoms with Crippen LogP contribution >= 0.6 is 0 Å². The maximum absolute atomic E-state index is 12.3. The van der Waals surface area contributed by atoms with Gasteiger partial charge >= 0.3 is 0 Å². The first-order valence-electron chi connectivity index (χ1n) is 8.02. The fourth-order valence-electron chi connectivity index (χ4n) is 3.03. The number of hydrogen-bond acceptors (Lipinski definition) is 3. The van der Waals surface area contributed by atoms with Crippen molar-refractivity contribution >= 4 is 11.8 Å². The molecule has 2 fully saturated rings. The number of likely N-dealkylation sites (tertiary alicyclic amines) is 2. The number of nitrogens with one attached hydrogen (secondary N) is 1. The molecule has 5 heteroatoms. The molecule has 0 aromatic rings. The third-order valence-electron chi connectivity index (χ3n) is 4.23. The number of hydrogen-bond donors (Lipinski definition) is 1. The third kappa shape index (κ3) is 3.95. The van der Waals surface area contributed by atoms with Crippen molar-refractivity contribution in [3.63, 3.8) is 0 Å². The van der Waals surface area contributed by atoms with Gasteiger partial charge in [-0.15, -0.1) is 0 Å². The lowest BCUT2D eigenvalue weighted by atomic mass is 10.0. The molecule has 0 saturated carbocycles. The van der Waals surface area contributed by atoms with Gasteiger partial charge in [-0.05, 0) is 38.6 Å². The van der Waals surface area contributed by atoms with Crippen molar-refractivity contribution in [1.29, 1.82) is 0 Å². The van der Waals surface area contributed by atoms with Crippen LogP contribution in [-0.2, 0) is 9.59 Å². The van der Waals surface area contributed by atoms with Gasteiger partial charge in [0.25, 0.3) is 0 Å². The van der Waals surface area contributed by atoms with Crippen molar-refractivity contribution in [2.45, 2.75) is 51.5 Å². The quantitative estimate of drug-likeness (QED) is 0.790. The predicted molar refractivity (Wildman–Crippen MR) is 78.3 cm³/mol. The van der Waals surface area contributed by atoms with E-state index in [2.05, 4.69) is 12.2 Å². The maximum Gasteiger partial charge on any atom is 0.239 e. The molecule has 1 unspecified atom stereocenters. The molecule has 0 aromatic heterocycles. The third-order valence-corrected chi connectivity index (χ3v) is 4.23. The van der Waals surface area contributed by atoms with Gasteiger partial charge in [-0.2, -0.15) is 0 Å². The number of carbonyl (C=O) groups excluding carboxylic acids is 2. The summed E-state index contributed by atoms with van der Waals surface area (Å²) in [6.07, 6.45) is 5.72. The number of piperidine rings is 1. The van der Waals surface area contributed by atoms with Crippen LogP contribution in [0.3, 0.4) is 0 Å². The summed E-state index contributed by atoms with van der Waals surface area (Å²) in [5.41, 5.74) is 0. The number of nitrogens with zero attached hydrogens (tertiary/aromatic N) is 2. The molecule has 1 atom stereocenters. The van der Waals surface area contributed by atoms with Crippen LogP contribution in [0, 0.1) is 0 Å². The van der Waals surface area contributed by atoms with Crippen molar-refractivity contribution in [3.05, 3.63) is 0 Å². The summed E-state index contributed by atoms with van der Waals surface area (Å²) in [4.78, 5) is 28.1. The summed E-state index contributed by atoms with van der Waals surface area (Å²) in [6, 6.07) is -0.0365. The molecule has 2 amide bonds. The summed E-state index contributed by atoms with van der Waals surface area (Å²) < 4.78 is 0. The zero-order chi connectivity index (χ0) is 14.4. The van der Waals surface area contributed by atoms with Crippen LogP contribution in [0.5, 0.6) is 0 Å². The van der Waals surface area contributed by atoms with E-state index in [9.17, 15) is 9.59 Å². The van der Waals surface area contributed by atoms with Gasteiger partial charge in [0.1, 0.15) is 0 Å². The van der Waals surface area contributed by atoms with Crippen molar-refractivity contribution in [2.75, 3.05) is 32.7 Å². The Morgan fingerprint density at radius 1 is 1.25 bits per heavy atom. The van der Waals surface area contributed by atoms with Crippen molar-refractivity contribution in [1.82, 2.24) is 15.1 Å². The Morgan fingerprint density at radius 3 is 2.70 bits per heavy atom. The van der Waals surface area contributed by atoms with Gasteiger partial charge in [0.2, 0.25) is 11.8 Å². The fourth-order valence-corrected chi connectivity index (χ4v) is 3.03. The van der Waals surface area contributed by atoms with Gasteiger partial charge < -0.3 is 15.1 Å². The number of rotatable bonds is 6. The molecule has 5 nitrogen and oxygen atoms in total. The van der Waals surface area contributed by atoms with E-state index in [0.29, 0.717) is 13.0 Å². The summed E-state index contributed by atoms with van der Waals surface area (Å²) in [5.74, 6) is 0.387. The second kappa shape index (κ2) is 7.62. The minimum absolute atomic E-state index is 0.0365. The molecule has 2 saturated heterocycles. The van der Waals surface area contributed by atoms with Gasteiger partial charge in [0.15, 0.2) is 0 Å². The zero-order valence-electron chi connectivity index (χ0n) is 12.6. The topological polar surface area (TPSA) is 52.7 Å². The normalized spacial score (nSPS) is 23.4. The van der Waals surface area contributed by atoms with Crippen LogP contribution in [0.25, 0.3) is 0 Å². The van der Waals surface area contributed by atoms with Gasteiger partial charge in [-0.1, -0.05) is 6.92 Å². The lowest BCUT2D eigenvalue weighted by Gasteiger charge is -2.33. The summed E-state index contributed by atoms with van der Waals surface area (Å²) in [5, 5.41) is 3.31. The van der Waals surface area contributed by atoms with Crippen molar-refractivity contribution in [2.24, 2.45) is 0 Å². The van der Waals surface area contributed by atoms with Crippen LogP contribution in [0.2, 0.25) is 0 Å². The Morgan fingerprint density at radius 2 is 2.00 bits per heavy atom. The van der Waals surface area contributed by atoms with E-state index < -0.39 is 0 Å². The minimum Gasteiger partial charge on any atom is -0.343 e. The zero-order valence-corrected chi connectivity index (χ0v) is 12.6. The lowest BCUT2D eigenvalue weighted by Crippen LogP contribution is -2.51. The van der Waals surface area contributed by atoms with Gasteiger partial charge in [0, 0.05) is 32.6 Å². The summed E-state index contributed by atoms with van der Waals surface area (Å²) in [7, 11) is 0. The largest absolute Gasteiger partial charge is 0.343 e. The first-order valence-corrected chi connectivity index (χ1v) is 8.02. The molecule has 2 rings (SSSR count). The van der Waals surface area contributed by atoms with Crippen LogP contribution in [0.4, 0.5) is 0 Å². The standard InChI is InChI=1S/C15H27N3O2/c1-2-8-16-13-6-5-11-18(15(13)20)12-7-14(19)17-9-3-4-10-17/h13,16H,2-12H2,1H3. The van der Waals surface area contributed by atoms with Gasteiger partial charge in [0.05, 0.1) is 6.04 Å². The Kier molecular flexibility index (Phi) is 5.83. The monoisotopic (exact) mass is 281 g/mol. The highest BCUT2D eigenvalue weighted by atomic mass is 16.2. The van der Waals surface area contributed by atoms with Crippen LogP contribution < -0.4 is 5.32 Å². The fraction of sp³-hybridized carbons (Fsp3) is 0.867. The molecule has 0 radical (unpaired) electrons. The molecule has 0 bridgehead atoms. The molecular formula is C15H27N3O2. The van der Waals surface area contributed by atoms with Gasteiger partial charge in [-0.25, -0.2) is 0 Å². The van der Waals surface area contributed by atoms with E-state index in [0.717, 1.165) is 58.3 Å². The SMILES string of the molecule is CCCNC1CCCN(CCC(=O)N2CCCC2)C1=O. The minimum atomic E-state index is -0.0365. The van der Waals surface area contributed by atoms with Gasteiger partial charge in [-0.3, -0.25) is 9.59 Å². The van der Waals surface area contributed by atoms with Crippen molar-refractivity contribution in [3.8, 4) is 0 Å². The van der Waals surface area contributed by atoms with E-state index in [-0.39, 0.29) is 17.9 Å². The van der Waals surface area contributed by atoms with E-state index >= 15 is 0 Å². The van der Waals surface area contributed by atoms with Crippen LogP contribution in [-0.4, -0.2) is 60.4 Å². The predicted octanol–water partition coefficient (Wildman–Crippen LogP) is 0.989. The van der Waals surface area contributed by atoms with Crippen molar-refractivity contribution < 1.29 is 9.59 Å². The average molecular weight is 281 g/mol. The Balaban J connectivity index is 1.76. The summed E-state index contributed by atoms with van der Waals surface area (Å²) in [6.45, 7) is 6.17. The second-order valence-corrected chi connectivity index (χ2v) is 5.81. The van der Waals surface area contributed by atoms with E-state index in [4.69, 9.17) is 0 Å². The van der Waals surface area contributed by atoms with Crippen LogP contribution in [0.15, 0.2) is 0 Å². The molecule has 2 aliphatic heterocycles. The first kappa shape index (κ1) is 15.3. The average Bonchev–Trinajstić information content (AvgIpc) is 2.99. The number of amides is 2. The molecule has 20 heavy (non-hydrogen) atoms. The van der Waals surface area contributed by atoms with E-state index in [1.54, 1.807) is 0 Å². The lowest BCUT2D eigenvalue weighted by molar-refractivity contribution is -0.137. The first-order chi connectivity index (χ1) is 9.72. The molecule has 2 aliphatic rings. The highest BCUT2D eigenvalue weighted by Gasteiger charge is 2.28. The molecule has 0 aromatic carbocycles. The molecular weight excluding hydrogens is 254 g/mol. The molecule has 1 N–H and O–H groups in total. The highest BCUT2D eigenvalue weighted by molar-refractivity contribution is 5.83. The molecule has 114 valence electrons. The number of carbonyl (C=O) groups is 2. The molecule has 0 spiro atoms. The Bertz CT molecular complexity index is 340. The smallest absolute Gasteiger partial charge is 0.239 e.